The zero-order valence-electron chi connectivity index (χ0n) is 9.39. The number of aromatic nitrogens is 4. The molecule has 1 aromatic rings. The van der Waals surface area contributed by atoms with E-state index in [0.29, 0.717) is 12.2 Å². The molecule has 1 aromatic heterocycles. The minimum atomic E-state index is -0.723. The Hall–Kier alpha value is -1.46. The number of hydrogen-bond donors (Lipinski definition) is 1. The van der Waals surface area contributed by atoms with Gasteiger partial charge in [0.05, 0.1) is 12.5 Å². The van der Waals surface area contributed by atoms with Crippen molar-refractivity contribution in [3.8, 4) is 0 Å². The number of nitrogens with zero attached hydrogens (tertiary/aromatic N) is 4. The smallest absolute Gasteiger partial charge is 0.310 e. The van der Waals surface area contributed by atoms with Crippen LogP contribution in [0.25, 0.3) is 0 Å². The molecule has 0 aliphatic heterocycles. The predicted octanol–water partition coefficient (Wildman–Crippen LogP) is 0.788. The maximum atomic E-state index is 11.4. The molecule has 6 nitrogen and oxygen atoms in total. The molecule has 1 aliphatic rings. The fourth-order valence-corrected chi connectivity index (χ4v) is 2.39. The molecule has 2 rings (SSSR count). The molecular weight excluding hydrogens is 208 g/mol. The number of carbonyl (C=O) groups is 1. The molecule has 16 heavy (non-hydrogen) atoms. The zero-order valence-corrected chi connectivity index (χ0v) is 9.39. The largest absolute Gasteiger partial charge is 0.481 e. The number of carboxylic acid groups (broad SMARTS) is 1. The van der Waals surface area contributed by atoms with E-state index >= 15 is 0 Å². The van der Waals surface area contributed by atoms with Gasteiger partial charge < -0.3 is 5.11 Å². The van der Waals surface area contributed by atoms with E-state index in [1.807, 2.05) is 0 Å². The van der Waals surface area contributed by atoms with Crippen LogP contribution in [-0.4, -0.2) is 31.3 Å². The lowest BCUT2D eigenvalue weighted by atomic mass is 9.72. The van der Waals surface area contributed by atoms with Crippen LogP contribution in [0.1, 0.15) is 37.9 Å². The van der Waals surface area contributed by atoms with Gasteiger partial charge in [-0.25, -0.2) is 0 Å². The normalized spacial score (nSPS) is 19.6. The first-order valence-corrected chi connectivity index (χ1v) is 5.59. The highest BCUT2D eigenvalue weighted by atomic mass is 16.4. The summed E-state index contributed by atoms with van der Waals surface area (Å²) in [6, 6.07) is 0. The highest BCUT2D eigenvalue weighted by Gasteiger charge is 2.40. The Morgan fingerprint density at radius 2 is 2.12 bits per heavy atom. The van der Waals surface area contributed by atoms with E-state index in [-0.39, 0.29) is 0 Å². The van der Waals surface area contributed by atoms with Crippen LogP contribution in [0.5, 0.6) is 0 Å². The Kier molecular flexibility index (Phi) is 2.89. The molecule has 88 valence electrons. The second-order valence-corrected chi connectivity index (χ2v) is 4.52. The van der Waals surface area contributed by atoms with E-state index in [1.54, 1.807) is 7.05 Å². The van der Waals surface area contributed by atoms with E-state index in [0.717, 1.165) is 32.1 Å². The lowest BCUT2D eigenvalue weighted by Crippen LogP contribution is -2.35. The molecule has 1 aliphatic carbocycles. The summed E-state index contributed by atoms with van der Waals surface area (Å²) in [5, 5.41) is 21.0. The van der Waals surface area contributed by atoms with E-state index in [4.69, 9.17) is 0 Å². The molecule has 0 unspecified atom stereocenters. The van der Waals surface area contributed by atoms with Gasteiger partial charge in [0.15, 0.2) is 5.82 Å². The Morgan fingerprint density at radius 3 is 2.62 bits per heavy atom. The van der Waals surface area contributed by atoms with E-state index in [2.05, 4.69) is 15.4 Å². The summed E-state index contributed by atoms with van der Waals surface area (Å²) < 4.78 is 0. The summed E-state index contributed by atoms with van der Waals surface area (Å²) in [5.74, 6) is -0.188. The van der Waals surface area contributed by atoms with E-state index < -0.39 is 11.4 Å². The summed E-state index contributed by atoms with van der Waals surface area (Å²) in [6.07, 6.45) is 4.93. The van der Waals surface area contributed by atoms with Crippen molar-refractivity contribution in [2.75, 3.05) is 0 Å². The average molecular weight is 224 g/mol. The Morgan fingerprint density at radius 1 is 1.44 bits per heavy atom. The van der Waals surface area contributed by atoms with Gasteiger partial charge in [0.2, 0.25) is 0 Å². The highest BCUT2D eigenvalue weighted by molar-refractivity contribution is 5.75. The molecule has 1 heterocycles. The molecule has 0 bridgehead atoms. The van der Waals surface area contributed by atoms with Crippen LogP contribution in [0.2, 0.25) is 0 Å². The Labute approximate surface area is 93.6 Å². The lowest BCUT2D eigenvalue weighted by molar-refractivity contribution is -0.151. The maximum absolute atomic E-state index is 11.4. The van der Waals surface area contributed by atoms with Crippen molar-refractivity contribution in [3.63, 3.8) is 0 Å². The van der Waals surface area contributed by atoms with Crippen LogP contribution < -0.4 is 0 Å². The SMILES string of the molecule is Cn1nnc(CC2(C(=O)O)CCCCC2)n1. The highest BCUT2D eigenvalue weighted by Crippen LogP contribution is 2.38. The molecule has 1 fully saturated rings. The average Bonchev–Trinajstić information content (AvgIpc) is 2.65. The fourth-order valence-electron chi connectivity index (χ4n) is 2.39. The molecule has 0 radical (unpaired) electrons. The first kappa shape index (κ1) is 11.0. The van der Waals surface area contributed by atoms with Crippen molar-refractivity contribution in [1.82, 2.24) is 20.2 Å². The second-order valence-electron chi connectivity index (χ2n) is 4.52. The van der Waals surface area contributed by atoms with Crippen LogP contribution >= 0.6 is 0 Å². The number of aryl methyl sites for hydroxylation is 1. The summed E-state index contributed by atoms with van der Waals surface area (Å²) in [6.45, 7) is 0. The fraction of sp³-hybridized carbons (Fsp3) is 0.800. The van der Waals surface area contributed by atoms with Gasteiger partial charge in [0.25, 0.3) is 0 Å². The van der Waals surface area contributed by atoms with Gasteiger partial charge in [-0.3, -0.25) is 4.79 Å². The maximum Gasteiger partial charge on any atom is 0.310 e. The van der Waals surface area contributed by atoms with Gasteiger partial charge >= 0.3 is 5.97 Å². The van der Waals surface area contributed by atoms with E-state index in [9.17, 15) is 9.90 Å². The monoisotopic (exact) mass is 224 g/mol. The number of carboxylic acids is 1. The topological polar surface area (TPSA) is 80.9 Å². The van der Waals surface area contributed by atoms with Gasteiger partial charge in [0, 0.05) is 6.42 Å². The third-order valence-electron chi connectivity index (χ3n) is 3.31. The van der Waals surface area contributed by atoms with Crippen LogP contribution in [-0.2, 0) is 18.3 Å². The van der Waals surface area contributed by atoms with Crippen LogP contribution in [0.3, 0.4) is 0 Å². The van der Waals surface area contributed by atoms with Crippen LogP contribution in [0.15, 0.2) is 0 Å². The number of aliphatic carboxylic acids is 1. The van der Waals surface area contributed by atoms with Crippen molar-refractivity contribution >= 4 is 5.97 Å². The lowest BCUT2D eigenvalue weighted by Gasteiger charge is -2.31. The van der Waals surface area contributed by atoms with Gasteiger partial charge in [-0.05, 0) is 18.1 Å². The first-order valence-electron chi connectivity index (χ1n) is 5.59. The molecule has 6 heteroatoms. The molecule has 0 atom stereocenters. The molecule has 0 spiro atoms. The van der Waals surface area contributed by atoms with E-state index in [1.165, 1.54) is 4.80 Å². The third-order valence-corrected chi connectivity index (χ3v) is 3.31. The van der Waals surface area contributed by atoms with Crippen molar-refractivity contribution in [2.45, 2.75) is 38.5 Å². The van der Waals surface area contributed by atoms with Crippen molar-refractivity contribution < 1.29 is 9.90 Å². The molecule has 0 saturated heterocycles. The van der Waals surface area contributed by atoms with Gasteiger partial charge in [-0.1, -0.05) is 19.3 Å². The minimum absolute atomic E-state index is 0.399. The quantitative estimate of drug-likeness (QED) is 0.820. The van der Waals surface area contributed by atoms with Gasteiger partial charge in [-0.2, -0.15) is 4.80 Å². The number of hydrogen-bond acceptors (Lipinski definition) is 4. The summed E-state index contributed by atoms with van der Waals surface area (Å²) in [4.78, 5) is 12.8. The summed E-state index contributed by atoms with van der Waals surface area (Å²) >= 11 is 0. The molecular formula is C10H16N4O2. The number of tetrazole rings is 1. The van der Waals surface area contributed by atoms with Crippen molar-refractivity contribution in [2.24, 2.45) is 12.5 Å². The Balaban J connectivity index is 2.16. The van der Waals surface area contributed by atoms with Crippen LogP contribution in [0, 0.1) is 5.41 Å². The standard InChI is InChI=1S/C10H16N4O2/c1-14-12-8(11-13-14)7-10(9(15)16)5-3-2-4-6-10/h2-7H2,1H3,(H,15,16). The molecule has 0 amide bonds. The van der Waals surface area contributed by atoms with Gasteiger partial charge in [0.1, 0.15) is 0 Å². The molecule has 1 saturated carbocycles. The van der Waals surface area contributed by atoms with Crippen molar-refractivity contribution in [3.05, 3.63) is 5.82 Å². The predicted molar refractivity (Wildman–Crippen MR) is 55.7 cm³/mol. The van der Waals surface area contributed by atoms with Crippen molar-refractivity contribution in [1.29, 1.82) is 0 Å². The van der Waals surface area contributed by atoms with Crippen LogP contribution in [0.4, 0.5) is 0 Å². The summed E-state index contributed by atoms with van der Waals surface area (Å²) in [5.41, 5.74) is -0.665. The third kappa shape index (κ3) is 2.05. The Bertz CT molecular complexity index is 382. The first-order chi connectivity index (χ1) is 7.62. The zero-order chi connectivity index (χ0) is 11.6. The second kappa shape index (κ2) is 4.19. The van der Waals surface area contributed by atoms with Gasteiger partial charge in [-0.15, -0.1) is 10.2 Å². The molecule has 1 N–H and O–H groups in total. The minimum Gasteiger partial charge on any atom is -0.481 e. The number of rotatable bonds is 3. The summed E-state index contributed by atoms with van der Waals surface area (Å²) in [7, 11) is 1.69. The molecule has 0 aromatic carbocycles.